The summed E-state index contributed by atoms with van der Waals surface area (Å²) < 4.78 is 28.9. The summed E-state index contributed by atoms with van der Waals surface area (Å²) in [7, 11) is 0. The number of rotatable bonds is 10. The molecule has 232 valence electrons. The van der Waals surface area contributed by atoms with Crippen LogP contribution in [0.3, 0.4) is 0 Å². The highest BCUT2D eigenvalue weighted by molar-refractivity contribution is 8.18. The molecule has 0 atom stereocenters. The van der Waals surface area contributed by atoms with Crippen molar-refractivity contribution in [1.82, 2.24) is 9.78 Å². The average molecular weight is 665 g/mol. The van der Waals surface area contributed by atoms with Crippen LogP contribution in [-0.4, -0.2) is 41.5 Å². The van der Waals surface area contributed by atoms with E-state index in [1.165, 1.54) is 18.2 Å². The van der Waals surface area contributed by atoms with E-state index in [0.717, 1.165) is 63.5 Å². The van der Waals surface area contributed by atoms with Gasteiger partial charge < -0.3 is 5.11 Å². The van der Waals surface area contributed by atoms with Crippen LogP contribution in [0.2, 0.25) is 0 Å². The summed E-state index contributed by atoms with van der Waals surface area (Å²) in [5.41, 5.74) is -4.60. The molecule has 46 heavy (non-hydrogen) atoms. The second-order valence-corrected chi connectivity index (χ2v) is 11.1. The highest BCUT2D eigenvalue weighted by Crippen LogP contribution is 2.43. The Balaban J connectivity index is 1.89. The molecule has 5 rings (SSSR count). The molecular formula is C29H18F2N6O7S2. The summed E-state index contributed by atoms with van der Waals surface area (Å²) in [6.07, 6.45) is 1.40. The molecular weight excluding hydrogens is 646 g/mol. The molecule has 1 aliphatic heterocycles. The van der Waals surface area contributed by atoms with Gasteiger partial charge in [0.2, 0.25) is 16.9 Å². The van der Waals surface area contributed by atoms with Crippen LogP contribution < -0.4 is 10.4 Å². The van der Waals surface area contributed by atoms with Crippen molar-refractivity contribution in [3.8, 4) is 5.69 Å². The molecule has 4 aromatic rings. The second-order valence-electron chi connectivity index (χ2n) is 9.14. The maximum Gasteiger partial charge on any atom is 0.360 e. The number of hydrazone groups is 1. The molecule has 0 radical (unpaired) electrons. The first-order valence-electron chi connectivity index (χ1n) is 12.9. The summed E-state index contributed by atoms with van der Waals surface area (Å²) in [4.78, 5) is 48.7. The quantitative estimate of drug-likeness (QED) is 0.0923. The Morgan fingerprint density at radius 1 is 1.04 bits per heavy atom. The van der Waals surface area contributed by atoms with Crippen molar-refractivity contribution in [3.05, 3.63) is 149 Å². The molecule has 1 aromatic heterocycles. The van der Waals surface area contributed by atoms with Crippen molar-refractivity contribution in [3.63, 3.8) is 0 Å². The van der Waals surface area contributed by atoms with Crippen LogP contribution in [0.5, 0.6) is 0 Å². The van der Waals surface area contributed by atoms with Crippen LogP contribution in [0, 0.1) is 31.9 Å². The SMILES string of the molecule is C=CCSc1c(/C(=C2/SC(c3ccccc3)=NN2c2ccc(F)cc2)[N+](=O)[O-])c(=O)c(C(=O)O)nn1-c1ccc(F)c([N+](=O)[O-])c1. The van der Waals surface area contributed by atoms with Gasteiger partial charge in [0.25, 0.3) is 0 Å². The zero-order chi connectivity index (χ0) is 33.1. The van der Waals surface area contributed by atoms with Gasteiger partial charge in [-0.15, -0.1) is 18.3 Å². The van der Waals surface area contributed by atoms with Gasteiger partial charge in [-0.2, -0.15) is 14.6 Å². The maximum absolute atomic E-state index is 14.3. The minimum atomic E-state index is -1.85. The number of carbonyl (C=O) groups is 1. The molecule has 1 N–H and O–H groups in total. The molecule has 3 aromatic carbocycles. The normalized spacial score (nSPS) is 13.7. The van der Waals surface area contributed by atoms with Gasteiger partial charge in [-0.05, 0) is 48.2 Å². The summed E-state index contributed by atoms with van der Waals surface area (Å²) in [6, 6.07) is 15.9. The van der Waals surface area contributed by atoms with Crippen molar-refractivity contribution in [1.29, 1.82) is 0 Å². The largest absolute Gasteiger partial charge is 0.476 e. The van der Waals surface area contributed by atoms with Crippen LogP contribution in [0.15, 0.2) is 105 Å². The van der Waals surface area contributed by atoms with E-state index in [4.69, 9.17) is 0 Å². The average Bonchev–Trinajstić information content (AvgIpc) is 3.46. The number of hydrogen-bond donors (Lipinski definition) is 1. The van der Waals surface area contributed by atoms with E-state index in [1.807, 2.05) is 0 Å². The lowest BCUT2D eigenvalue weighted by molar-refractivity contribution is -0.387. The fourth-order valence-corrected chi connectivity index (χ4v) is 6.19. The number of thioether (sulfide) groups is 2. The van der Waals surface area contributed by atoms with E-state index in [9.17, 15) is 43.7 Å². The van der Waals surface area contributed by atoms with E-state index in [-0.39, 0.29) is 32.2 Å². The lowest BCUT2D eigenvalue weighted by Crippen LogP contribution is -2.29. The zero-order valence-corrected chi connectivity index (χ0v) is 24.7. The zero-order valence-electron chi connectivity index (χ0n) is 23.1. The Hall–Kier alpha value is -5.68. The van der Waals surface area contributed by atoms with Gasteiger partial charge in [-0.1, -0.05) is 36.4 Å². The van der Waals surface area contributed by atoms with Crippen molar-refractivity contribution in [2.45, 2.75) is 5.03 Å². The third-order valence-corrected chi connectivity index (χ3v) is 8.37. The number of nitro groups is 2. The molecule has 0 bridgehead atoms. The highest BCUT2D eigenvalue weighted by Gasteiger charge is 2.39. The molecule has 0 saturated carbocycles. The van der Waals surface area contributed by atoms with Crippen molar-refractivity contribution >= 4 is 51.6 Å². The van der Waals surface area contributed by atoms with E-state index in [1.54, 1.807) is 30.3 Å². The van der Waals surface area contributed by atoms with Crippen LogP contribution in [0.1, 0.15) is 21.6 Å². The number of carboxylic acid groups (broad SMARTS) is 1. The van der Waals surface area contributed by atoms with Gasteiger partial charge >= 0.3 is 17.4 Å². The molecule has 17 heteroatoms. The number of benzene rings is 3. The number of hydrogen-bond acceptors (Lipinski definition) is 11. The third-order valence-electron chi connectivity index (χ3n) is 6.25. The minimum absolute atomic E-state index is 0.0186. The minimum Gasteiger partial charge on any atom is -0.476 e. The Labute approximate surface area is 265 Å². The number of anilines is 1. The lowest BCUT2D eigenvalue weighted by Gasteiger charge is -2.18. The smallest absolute Gasteiger partial charge is 0.360 e. The van der Waals surface area contributed by atoms with Crippen LogP contribution in [0.25, 0.3) is 11.4 Å². The molecule has 0 saturated heterocycles. The van der Waals surface area contributed by atoms with E-state index >= 15 is 0 Å². The van der Waals surface area contributed by atoms with Gasteiger partial charge in [0.15, 0.2) is 5.03 Å². The van der Waals surface area contributed by atoms with Crippen molar-refractivity contribution in [2.75, 3.05) is 10.8 Å². The molecule has 0 spiro atoms. The summed E-state index contributed by atoms with van der Waals surface area (Å²) in [5, 5.41) is 43.6. The fourth-order valence-electron chi connectivity index (χ4n) is 4.25. The second kappa shape index (κ2) is 13.1. The number of nitrogens with zero attached hydrogens (tertiary/aromatic N) is 6. The van der Waals surface area contributed by atoms with Crippen LogP contribution in [-0.2, 0) is 0 Å². The number of halogens is 2. The molecule has 13 nitrogen and oxygen atoms in total. The molecule has 0 fully saturated rings. The maximum atomic E-state index is 14.3. The predicted octanol–water partition coefficient (Wildman–Crippen LogP) is 5.91. The highest BCUT2D eigenvalue weighted by atomic mass is 32.2. The first kappa shape index (κ1) is 31.7. The monoisotopic (exact) mass is 664 g/mol. The topological polar surface area (TPSA) is 174 Å². The standard InChI is InChI=1S/C29H18F2N6O7S2/c1-2-14-45-27-22(25(38)23(29(39)40)32-35(27)19-12-13-20(31)21(15-19)36(41)42)24(37(43)44)28-34(18-10-8-17(30)9-11-18)33-26(46-28)16-6-4-3-5-7-16/h2-13,15H,1,14H2,(H,39,40)/b28-24-. The van der Waals surface area contributed by atoms with Crippen LogP contribution >= 0.6 is 23.5 Å². The number of carboxylic acids is 1. The number of aromatic carboxylic acids is 1. The van der Waals surface area contributed by atoms with E-state index in [0.29, 0.717) is 5.56 Å². The Morgan fingerprint density at radius 3 is 2.33 bits per heavy atom. The third kappa shape index (κ3) is 6.13. The first-order valence-corrected chi connectivity index (χ1v) is 14.7. The van der Waals surface area contributed by atoms with Gasteiger partial charge in [-0.3, -0.25) is 25.0 Å². The van der Waals surface area contributed by atoms with E-state index in [2.05, 4.69) is 16.8 Å². The van der Waals surface area contributed by atoms with Gasteiger partial charge in [0, 0.05) is 17.4 Å². The summed E-state index contributed by atoms with van der Waals surface area (Å²) >= 11 is 1.60. The summed E-state index contributed by atoms with van der Waals surface area (Å²) in [6.45, 7) is 3.62. The Bertz CT molecular complexity index is 2040. The van der Waals surface area contributed by atoms with Crippen LogP contribution in [0.4, 0.5) is 20.2 Å². The number of aromatic nitrogens is 2. The fraction of sp³-hybridized carbons (Fsp3) is 0.0345. The first-order chi connectivity index (χ1) is 22.0. The van der Waals surface area contributed by atoms with Crippen molar-refractivity contribution in [2.24, 2.45) is 5.10 Å². The molecule has 0 aliphatic carbocycles. The predicted molar refractivity (Wildman–Crippen MR) is 168 cm³/mol. The molecule has 0 amide bonds. The van der Waals surface area contributed by atoms with Gasteiger partial charge in [-0.25, -0.2) is 18.9 Å². The molecule has 0 unspecified atom stereocenters. The molecule has 1 aliphatic rings. The van der Waals surface area contributed by atoms with Gasteiger partial charge in [0.1, 0.15) is 21.5 Å². The van der Waals surface area contributed by atoms with Gasteiger partial charge in [0.05, 0.1) is 21.2 Å². The van der Waals surface area contributed by atoms with Crippen molar-refractivity contribution < 1.29 is 28.5 Å². The summed E-state index contributed by atoms with van der Waals surface area (Å²) in [5.74, 6) is -3.63. The Morgan fingerprint density at radius 2 is 1.72 bits per heavy atom. The lowest BCUT2D eigenvalue weighted by atomic mass is 10.1. The Kier molecular flexibility index (Phi) is 9.06. The van der Waals surface area contributed by atoms with E-state index < -0.39 is 55.5 Å². The molecule has 2 heterocycles. The number of nitro benzene ring substituents is 1.